The zero-order valence-corrected chi connectivity index (χ0v) is 11.2. The van der Waals surface area contributed by atoms with Crippen molar-refractivity contribution in [3.63, 3.8) is 0 Å². The summed E-state index contributed by atoms with van der Waals surface area (Å²) in [6.45, 7) is 1.25. The molecule has 0 fully saturated rings. The Kier molecular flexibility index (Phi) is 4.26. The van der Waals surface area contributed by atoms with Gasteiger partial charge in [-0.05, 0) is 29.3 Å². The van der Waals surface area contributed by atoms with Gasteiger partial charge in [0.1, 0.15) is 5.75 Å². The minimum Gasteiger partial charge on any atom is -0.497 e. The highest BCUT2D eigenvalue weighted by molar-refractivity contribution is 5.66. The van der Waals surface area contributed by atoms with E-state index in [2.05, 4.69) is 20.2 Å². The third-order valence-electron chi connectivity index (χ3n) is 2.57. The molecule has 0 bridgehead atoms. The number of carbonyl (C=O) groups is 1. The first-order chi connectivity index (χ1) is 9.58. The first kappa shape index (κ1) is 13.9. The summed E-state index contributed by atoms with van der Waals surface area (Å²) >= 11 is 0. The number of nitrogens with zero attached hydrogens (tertiary/aromatic N) is 4. The molecule has 8 nitrogen and oxygen atoms in total. The fourth-order valence-electron chi connectivity index (χ4n) is 1.62. The first-order valence-corrected chi connectivity index (χ1v) is 5.96. The number of ether oxygens (including phenoxy) is 1. The molecule has 2 N–H and O–H groups in total. The first-order valence-electron chi connectivity index (χ1n) is 5.96. The summed E-state index contributed by atoms with van der Waals surface area (Å²) < 4.78 is 5.08. The van der Waals surface area contributed by atoms with E-state index >= 15 is 0 Å². The van der Waals surface area contributed by atoms with Gasteiger partial charge in [0.15, 0.2) is 5.82 Å². The van der Waals surface area contributed by atoms with Gasteiger partial charge in [0, 0.05) is 11.9 Å². The molecular formula is C12H15N5O3. The van der Waals surface area contributed by atoms with E-state index in [1.165, 1.54) is 6.92 Å². The number of hydrogen-bond donors (Lipinski definition) is 1. The van der Waals surface area contributed by atoms with Crippen LogP contribution in [0.4, 0.5) is 0 Å². The summed E-state index contributed by atoms with van der Waals surface area (Å²) in [7, 11) is 1.61. The lowest BCUT2D eigenvalue weighted by molar-refractivity contribution is -0.145. The number of benzene rings is 1. The number of rotatable bonds is 5. The normalized spacial score (nSPS) is 11.9. The molecule has 0 aliphatic heterocycles. The Labute approximate surface area is 115 Å². The summed E-state index contributed by atoms with van der Waals surface area (Å²) in [6.07, 6.45) is 0.537. The largest absolute Gasteiger partial charge is 0.497 e. The standard InChI is InChI=1S/C12H15N5O3/c1-8(18)20-17-15-12(14-16-17)11(13)7-9-3-5-10(19-2)6-4-9/h3-6,11H,7,13H2,1-2H3/t11-/m0/s1. The molecule has 1 aromatic carbocycles. The SMILES string of the molecule is COc1ccc(C[C@H](N)c2nnn(OC(C)=O)n2)cc1. The maximum atomic E-state index is 10.7. The van der Waals surface area contributed by atoms with E-state index < -0.39 is 12.0 Å². The van der Waals surface area contributed by atoms with Crippen LogP contribution in [0, 0.1) is 0 Å². The molecule has 0 amide bonds. The third kappa shape index (κ3) is 3.51. The van der Waals surface area contributed by atoms with Crippen molar-refractivity contribution in [1.82, 2.24) is 20.4 Å². The summed E-state index contributed by atoms with van der Waals surface area (Å²) in [5, 5.41) is 11.2. The average molecular weight is 277 g/mol. The van der Waals surface area contributed by atoms with E-state index in [9.17, 15) is 4.79 Å². The van der Waals surface area contributed by atoms with Gasteiger partial charge in [0.05, 0.1) is 13.2 Å². The lowest BCUT2D eigenvalue weighted by atomic mass is 10.1. The van der Waals surface area contributed by atoms with Crippen molar-refractivity contribution in [3.05, 3.63) is 35.7 Å². The van der Waals surface area contributed by atoms with Crippen molar-refractivity contribution < 1.29 is 14.4 Å². The van der Waals surface area contributed by atoms with Gasteiger partial charge in [0.2, 0.25) is 0 Å². The average Bonchev–Trinajstić information content (AvgIpc) is 2.87. The molecule has 2 rings (SSSR count). The van der Waals surface area contributed by atoms with E-state index in [1.807, 2.05) is 24.3 Å². The molecule has 0 aliphatic rings. The van der Waals surface area contributed by atoms with Crippen LogP contribution in [0.1, 0.15) is 24.4 Å². The molecule has 1 aromatic heterocycles. The molecule has 1 atom stereocenters. The van der Waals surface area contributed by atoms with Crippen LogP contribution >= 0.6 is 0 Å². The van der Waals surface area contributed by atoms with Crippen LogP contribution in [0.5, 0.6) is 5.75 Å². The Hall–Kier alpha value is -2.48. The summed E-state index contributed by atoms with van der Waals surface area (Å²) in [6, 6.07) is 7.09. The zero-order chi connectivity index (χ0) is 14.5. The van der Waals surface area contributed by atoms with Gasteiger partial charge < -0.3 is 15.3 Å². The van der Waals surface area contributed by atoms with Crippen LogP contribution in [0.25, 0.3) is 0 Å². The lowest BCUT2D eigenvalue weighted by Crippen LogP contribution is -2.20. The number of tetrazole rings is 1. The lowest BCUT2D eigenvalue weighted by Gasteiger charge is -2.07. The molecule has 0 saturated heterocycles. The number of nitrogens with two attached hydrogens (primary N) is 1. The topological polar surface area (TPSA) is 105 Å². The Morgan fingerprint density at radius 2 is 2.10 bits per heavy atom. The minimum atomic E-state index is -0.530. The van der Waals surface area contributed by atoms with Gasteiger partial charge in [-0.3, -0.25) is 0 Å². The maximum Gasteiger partial charge on any atom is 0.333 e. The van der Waals surface area contributed by atoms with Crippen LogP contribution in [0.3, 0.4) is 0 Å². The van der Waals surface area contributed by atoms with Crippen molar-refractivity contribution in [1.29, 1.82) is 0 Å². The quantitative estimate of drug-likeness (QED) is 0.761. The number of carbonyl (C=O) groups excluding carboxylic acids is 1. The Morgan fingerprint density at radius 3 is 2.70 bits per heavy atom. The van der Waals surface area contributed by atoms with E-state index in [0.717, 1.165) is 16.3 Å². The molecule has 0 saturated carbocycles. The highest BCUT2D eigenvalue weighted by atomic mass is 16.7. The van der Waals surface area contributed by atoms with E-state index in [1.54, 1.807) is 7.11 Å². The second kappa shape index (κ2) is 6.11. The van der Waals surface area contributed by atoms with Gasteiger partial charge >= 0.3 is 5.97 Å². The van der Waals surface area contributed by atoms with Crippen molar-refractivity contribution in [2.45, 2.75) is 19.4 Å². The predicted molar refractivity (Wildman–Crippen MR) is 68.7 cm³/mol. The van der Waals surface area contributed by atoms with Gasteiger partial charge in [-0.25, -0.2) is 4.79 Å². The predicted octanol–water partition coefficient (Wildman–Crippen LogP) is -0.101. The number of hydrogen-bond acceptors (Lipinski definition) is 7. The van der Waals surface area contributed by atoms with Crippen LogP contribution in [-0.4, -0.2) is 33.4 Å². The van der Waals surface area contributed by atoms with E-state index in [0.29, 0.717) is 12.2 Å². The second-order valence-corrected chi connectivity index (χ2v) is 4.14. The molecule has 0 unspecified atom stereocenters. The number of methoxy groups -OCH3 is 1. The maximum absolute atomic E-state index is 10.7. The van der Waals surface area contributed by atoms with Crippen molar-refractivity contribution >= 4 is 5.97 Å². The zero-order valence-electron chi connectivity index (χ0n) is 11.2. The van der Waals surface area contributed by atoms with Crippen LogP contribution in [0.15, 0.2) is 24.3 Å². The minimum absolute atomic E-state index is 0.307. The van der Waals surface area contributed by atoms with E-state index in [-0.39, 0.29) is 0 Å². The highest BCUT2D eigenvalue weighted by Crippen LogP contribution is 2.16. The van der Waals surface area contributed by atoms with Crippen LogP contribution < -0.4 is 15.3 Å². The molecule has 0 radical (unpaired) electrons. The molecule has 8 heteroatoms. The van der Waals surface area contributed by atoms with Gasteiger partial charge in [-0.15, -0.1) is 5.10 Å². The number of aromatic nitrogens is 4. The highest BCUT2D eigenvalue weighted by Gasteiger charge is 2.14. The van der Waals surface area contributed by atoms with E-state index in [4.69, 9.17) is 10.5 Å². The molecule has 20 heavy (non-hydrogen) atoms. The Balaban J connectivity index is 2.01. The fourth-order valence-corrected chi connectivity index (χ4v) is 1.62. The second-order valence-electron chi connectivity index (χ2n) is 4.14. The summed E-state index contributed by atoms with van der Waals surface area (Å²) in [5.74, 6) is 0.556. The molecule has 0 aliphatic carbocycles. The van der Waals surface area contributed by atoms with Gasteiger partial charge in [-0.1, -0.05) is 17.2 Å². The molecule has 0 spiro atoms. The fraction of sp³-hybridized carbons (Fsp3) is 0.333. The van der Waals surface area contributed by atoms with Gasteiger partial charge in [-0.2, -0.15) is 0 Å². The summed E-state index contributed by atoms with van der Waals surface area (Å²) in [4.78, 5) is 16.2. The Bertz CT molecular complexity index is 581. The van der Waals surface area contributed by atoms with Crippen LogP contribution in [-0.2, 0) is 11.2 Å². The van der Waals surface area contributed by atoms with Crippen molar-refractivity contribution in [2.75, 3.05) is 7.11 Å². The molecule has 106 valence electrons. The Morgan fingerprint density at radius 1 is 1.40 bits per heavy atom. The monoisotopic (exact) mass is 277 g/mol. The smallest absolute Gasteiger partial charge is 0.333 e. The van der Waals surface area contributed by atoms with Gasteiger partial charge in [0.25, 0.3) is 0 Å². The molecular weight excluding hydrogens is 262 g/mol. The van der Waals surface area contributed by atoms with Crippen molar-refractivity contribution in [2.24, 2.45) is 5.73 Å². The van der Waals surface area contributed by atoms with Crippen LogP contribution in [0.2, 0.25) is 0 Å². The molecule has 1 heterocycles. The van der Waals surface area contributed by atoms with Crippen molar-refractivity contribution in [3.8, 4) is 5.75 Å². The molecule has 2 aromatic rings. The summed E-state index contributed by atoms with van der Waals surface area (Å²) in [5.41, 5.74) is 7.01. The third-order valence-corrected chi connectivity index (χ3v) is 2.57.